The number of halogens is 6. The Hall–Kier alpha value is -0.660. The molecule has 0 aromatic heterocycles. The van der Waals surface area contributed by atoms with E-state index in [-0.39, 0.29) is 46.2 Å². The first-order valence-electron chi connectivity index (χ1n) is 8.35. The first-order valence-corrected chi connectivity index (χ1v) is 8.35. The minimum Gasteiger partial charge on any atom is -0.377 e. The summed E-state index contributed by atoms with van der Waals surface area (Å²) in [6, 6.07) is 0. The van der Waals surface area contributed by atoms with Crippen LogP contribution >= 0.6 is 0 Å². The van der Waals surface area contributed by atoms with Gasteiger partial charge < -0.3 is 28.4 Å². The Bertz CT molecular complexity index is 366. The van der Waals surface area contributed by atoms with E-state index in [1.54, 1.807) is 0 Å². The third-order valence-corrected chi connectivity index (χ3v) is 3.36. The Kier molecular flexibility index (Phi) is 11.5. The summed E-state index contributed by atoms with van der Waals surface area (Å²) >= 11 is 0. The zero-order valence-corrected chi connectivity index (χ0v) is 14.7. The van der Waals surface area contributed by atoms with Gasteiger partial charge in [0.2, 0.25) is 0 Å². The largest absolute Gasteiger partial charge is 0.425 e. The summed E-state index contributed by atoms with van der Waals surface area (Å²) in [7, 11) is 0. The van der Waals surface area contributed by atoms with Crippen LogP contribution in [0.15, 0.2) is 0 Å². The first kappa shape index (κ1) is 24.4. The van der Waals surface area contributed by atoms with Crippen LogP contribution in [0.5, 0.6) is 0 Å². The minimum atomic E-state index is -5.73. The second-order valence-electron chi connectivity index (χ2n) is 5.46. The Morgan fingerprint density at radius 1 is 0.593 bits per heavy atom. The summed E-state index contributed by atoms with van der Waals surface area (Å²) in [6.45, 7) is -0.254. The summed E-state index contributed by atoms with van der Waals surface area (Å²) in [5.74, 6) is -4.82. The molecule has 1 fully saturated rings. The van der Waals surface area contributed by atoms with Gasteiger partial charge in [-0.1, -0.05) is 0 Å². The highest BCUT2D eigenvalue weighted by Gasteiger charge is 2.61. The van der Waals surface area contributed by atoms with Gasteiger partial charge in [-0.15, -0.1) is 0 Å². The molecular weight excluding hydrogens is 390 g/mol. The SMILES string of the molecule is FC(C(F)(F)F)C(F)(F)C1COCCOCCOCCOCCOCCO1. The number of rotatable bonds is 2. The highest BCUT2D eigenvalue weighted by Crippen LogP contribution is 2.38. The maximum atomic E-state index is 13.9. The van der Waals surface area contributed by atoms with Crippen LogP contribution in [0.25, 0.3) is 0 Å². The molecule has 0 saturated carbocycles. The quantitative estimate of drug-likeness (QED) is 0.645. The molecule has 0 radical (unpaired) electrons. The van der Waals surface area contributed by atoms with Gasteiger partial charge in [0.1, 0.15) is 6.10 Å². The van der Waals surface area contributed by atoms with Crippen LogP contribution in [0.2, 0.25) is 0 Å². The van der Waals surface area contributed by atoms with E-state index in [0.717, 1.165) is 0 Å². The molecule has 1 aliphatic heterocycles. The third kappa shape index (κ3) is 9.90. The number of hydrogen-bond donors (Lipinski definition) is 0. The van der Waals surface area contributed by atoms with Crippen molar-refractivity contribution in [2.24, 2.45) is 0 Å². The molecule has 0 bridgehead atoms. The minimum absolute atomic E-state index is 0.000410. The van der Waals surface area contributed by atoms with Crippen molar-refractivity contribution in [2.75, 3.05) is 72.7 Å². The van der Waals surface area contributed by atoms with Crippen molar-refractivity contribution < 1.29 is 54.8 Å². The Labute approximate surface area is 153 Å². The predicted octanol–water partition coefficient (Wildman–Crippen LogP) is 2.00. The summed E-state index contributed by atoms with van der Waals surface area (Å²) in [4.78, 5) is 0. The molecule has 0 aromatic carbocycles. The average molecular weight is 414 g/mol. The zero-order chi connectivity index (χ0) is 20.2. The maximum absolute atomic E-state index is 13.9. The van der Waals surface area contributed by atoms with Crippen molar-refractivity contribution in [3.63, 3.8) is 0 Å². The van der Waals surface area contributed by atoms with Crippen LogP contribution in [-0.2, 0) is 28.4 Å². The summed E-state index contributed by atoms with van der Waals surface area (Å²) in [5, 5.41) is 0. The molecule has 0 amide bonds. The van der Waals surface area contributed by atoms with Crippen molar-refractivity contribution in [3.05, 3.63) is 0 Å². The fourth-order valence-corrected chi connectivity index (χ4v) is 1.97. The molecular formula is C15H24F6O6. The second-order valence-corrected chi connectivity index (χ2v) is 5.46. The summed E-state index contributed by atoms with van der Waals surface area (Å²) in [6.07, 6.45) is -12.5. The lowest BCUT2D eigenvalue weighted by Gasteiger charge is -2.30. The highest BCUT2D eigenvalue weighted by molar-refractivity contribution is 4.90. The zero-order valence-electron chi connectivity index (χ0n) is 14.7. The molecule has 1 rings (SSSR count). The van der Waals surface area contributed by atoms with Gasteiger partial charge in [0.05, 0.1) is 72.7 Å². The molecule has 1 saturated heterocycles. The molecule has 162 valence electrons. The molecule has 6 nitrogen and oxygen atoms in total. The van der Waals surface area contributed by atoms with Gasteiger partial charge in [0.25, 0.3) is 6.17 Å². The van der Waals surface area contributed by atoms with E-state index < -0.39 is 37.6 Å². The van der Waals surface area contributed by atoms with E-state index in [2.05, 4.69) is 0 Å². The fourth-order valence-electron chi connectivity index (χ4n) is 1.97. The van der Waals surface area contributed by atoms with E-state index in [0.29, 0.717) is 13.2 Å². The molecule has 1 aliphatic rings. The Morgan fingerprint density at radius 2 is 0.963 bits per heavy atom. The van der Waals surface area contributed by atoms with Crippen LogP contribution in [0.3, 0.4) is 0 Å². The van der Waals surface area contributed by atoms with Crippen LogP contribution in [0, 0.1) is 0 Å². The summed E-state index contributed by atoms with van der Waals surface area (Å²) in [5.41, 5.74) is 0. The molecule has 2 atom stereocenters. The van der Waals surface area contributed by atoms with E-state index in [1.807, 2.05) is 0 Å². The maximum Gasteiger partial charge on any atom is 0.425 e. The lowest BCUT2D eigenvalue weighted by atomic mass is 10.1. The highest BCUT2D eigenvalue weighted by atomic mass is 19.4. The molecule has 2 unspecified atom stereocenters. The van der Waals surface area contributed by atoms with Gasteiger partial charge in [-0.25, -0.2) is 4.39 Å². The third-order valence-electron chi connectivity index (χ3n) is 3.36. The van der Waals surface area contributed by atoms with E-state index >= 15 is 0 Å². The average Bonchev–Trinajstić information content (AvgIpc) is 2.60. The van der Waals surface area contributed by atoms with Crippen molar-refractivity contribution >= 4 is 0 Å². The lowest BCUT2D eigenvalue weighted by Crippen LogP contribution is -2.52. The molecule has 0 spiro atoms. The molecule has 27 heavy (non-hydrogen) atoms. The second kappa shape index (κ2) is 12.7. The van der Waals surface area contributed by atoms with Gasteiger partial charge in [-0.2, -0.15) is 22.0 Å². The molecule has 12 heteroatoms. The van der Waals surface area contributed by atoms with Gasteiger partial charge in [0.15, 0.2) is 0 Å². The van der Waals surface area contributed by atoms with Gasteiger partial charge in [-0.3, -0.25) is 0 Å². The number of hydrogen-bond acceptors (Lipinski definition) is 6. The predicted molar refractivity (Wildman–Crippen MR) is 79.7 cm³/mol. The monoisotopic (exact) mass is 414 g/mol. The smallest absolute Gasteiger partial charge is 0.377 e. The normalized spacial score (nSPS) is 25.3. The van der Waals surface area contributed by atoms with Crippen LogP contribution in [-0.4, -0.2) is 97.1 Å². The van der Waals surface area contributed by atoms with Crippen molar-refractivity contribution in [1.82, 2.24) is 0 Å². The first-order chi connectivity index (χ1) is 12.8. The summed E-state index contributed by atoms with van der Waals surface area (Å²) < 4.78 is 108. The number of alkyl halides is 6. The Morgan fingerprint density at radius 3 is 1.37 bits per heavy atom. The van der Waals surface area contributed by atoms with E-state index in [1.165, 1.54) is 0 Å². The molecule has 1 heterocycles. The van der Waals surface area contributed by atoms with Crippen molar-refractivity contribution in [2.45, 2.75) is 24.4 Å². The molecule has 0 aliphatic carbocycles. The number of ether oxygens (including phenoxy) is 6. The standard InChI is InChI=1S/C15H24F6O6/c16-13(15(19,20)21)14(17,18)12-11-26-8-7-24-4-3-22-1-2-23-5-6-25-9-10-27-12/h12-13H,1-11H2. The molecule has 0 N–H and O–H groups in total. The Balaban J connectivity index is 2.59. The van der Waals surface area contributed by atoms with Crippen molar-refractivity contribution in [1.29, 1.82) is 0 Å². The molecule has 0 aromatic rings. The lowest BCUT2D eigenvalue weighted by molar-refractivity contribution is -0.279. The fraction of sp³-hybridized carbons (Fsp3) is 1.00. The van der Waals surface area contributed by atoms with E-state index in [4.69, 9.17) is 28.4 Å². The van der Waals surface area contributed by atoms with Gasteiger partial charge in [0, 0.05) is 0 Å². The van der Waals surface area contributed by atoms with Gasteiger partial charge >= 0.3 is 12.1 Å². The van der Waals surface area contributed by atoms with Crippen LogP contribution in [0.4, 0.5) is 26.3 Å². The van der Waals surface area contributed by atoms with Gasteiger partial charge in [-0.05, 0) is 0 Å². The van der Waals surface area contributed by atoms with Crippen LogP contribution < -0.4 is 0 Å². The van der Waals surface area contributed by atoms with Crippen molar-refractivity contribution in [3.8, 4) is 0 Å². The van der Waals surface area contributed by atoms with Crippen LogP contribution in [0.1, 0.15) is 0 Å². The van der Waals surface area contributed by atoms with E-state index in [9.17, 15) is 26.3 Å². The topological polar surface area (TPSA) is 55.4 Å².